The van der Waals surface area contributed by atoms with E-state index >= 15 is 0 Å². The van der Waals surface area contributed by atoms with E-state index in [0.717, 1.165) is 18.4 Å². The summed E-state index contributed by atoms with van der Waals surface area (Å²) in [7, 11) is 0.628. The maximum Gasteiger partial charge on any atom is 0.314 e. The lowest BCUT2D eigenvalue weighted by atomic mass is 9.98. The number of azide groups is 2. The molecule has 4 atom stereocenters. The number of nitrogens with zero attached hydrogens (tertiary/aromatic N) is 6. The number of aldehydes is 1. The third-order valence-corrected chi connectivity index (χ3v) is 9.40. The quantitative estimate of drug-likeness (QED) is 0.0275. The second-order valence-electron chi connectivity index (χ2n) is 12.6. The van der Waals surface area contributed by atoms with Crippen LogP contribution in [0.3, 0.4) is 0 Å². The number of carbonyl (C=O) groups is 3. The number of hydrogen-bond donors (Lipinski definition) is 0. The van der Waals surface area contributed by atoms with E-state index in [-0.39, 0.29) is 18.1 Å². The first-order chi connectivity index (χ1) is 19.0. The molecule has 0 aliphatic carbocycles. The molecule has 0 saturated carbocycles. The number of esters is 2. The molecule has 0 aliphatic rings. The summed E-state index contributed by atoms with van der Waals surface area (Å²) in [5.41, 5.74) is 17.1. The van der Waals surface area contributed by atoms with Crippen LogP contribution in [0.2, 0.25) is 51.4 Å². The zero-order chi connectivity index (χ0) is 32.1. The molecule has 41 heavy (non-hydrogen) atoms. The molecule has 0 aliphatic heterocycles. The first-order valence-electron chi connectivity index (χ1n) is 13.9. The Kier molecular flexibility index (Phi) is 22.1. The van der Waals surface area contributed by atoms with Crippen LogP contribution in [-0.2, 0) is 33.3 Å². The Bertz CT molecular complexity index is 865. The predicted octanol–water partition coefficient (Wildman–Crippen LogP) is 6.74. The van der Waals surface area contributed by atoms with Gasteiger partial charge in [0.2, 0.25) is 0 Å². The first kappa shape index (κ1) is 40.7. The highest BCUT2D eigenvalue weighted by Crippen LogP contribution is 2.19. The zero-order valence-electron chi connectivity index (χ0n) is 26.7. The van der Waals surface area contributed by atoms with E-state index in [0.29, 0.717) is 38.9 Å². The van der Waals surface area contributed by atoms with Crippen molar-refractivity contribution in [2.75, 3.05) is 27.4 Å². The monoisotopic (exact) mass is 616 g/mol. The lowest BCUT2D eigenvalue weighted by molar-refractivity contribution is -0.146. The summed E-state index contributed by atoms with van der Waals surface area (Å²) in [6.07, 6.45) is 2.19. The Balaban J connectivity index is 0. The molecule has 0 fully saturated rings. The number of rotatable bonds is 20. The molecular formula is C26H52N6O7Si2. The maximum atomic E-state index is 12.0. The molecule has 0 aromatic rings. The van der Waals surface area contributed by atoms with Crippen molar-refractivity contribution in [3.8, 4) is 0 Å². The number of hydrogen-bond acceptors (Lipinski definition) is 9. The van der Waals surface area contributed by atoms with Crippen LogP contribution in [0.25, 0.3) is 20.9 Å². The molecule has 2 unspecified atom stereocenters. The van der Waals surface area contributed by atoms with Crippen LogP contribution in [-0.4, -0.2) is 80.2 Å². The SMILES string of the molecule is CC(CC=O)C[C@H](N=[N+]=[N-])C(=O)OCC[Si](C)(C)C.COC(CC(C)C[C@H](N=[N+]=[N-])C(=O)OCC[Si](C)(C)C)OC. The van der Waals surface area contributed by atoms with E-state index in [1.54, 1.807) is 14.2 Å². The molecule has 0 heterocycles. The average Bonchev–Trinajstić information content (AvgIpc) is 2.85. The van der Waals surface area contributed by atoms with Gasteiger partial charge in [-0.3, -0.25) is 9.59 Å². The van der Waals surface area contributed by atoms with Crippen LogP contribution >= 0.6 is 0 Å². The minimum Gasteiger partial charge on any atom is -0.466 e. The highest BCUT2D eigenvalue weighted by Gasteiger charge is 2.25. The van der Waals surface area contributed by atoms with E-state index in [4.69, 9.17) is 30.0 Å². The maximum absolute atomic E-state index is 12.0. The zero-order valence-corrected chi connectivity index (χ0v) is 28.7. The summed E-state index contributed by atoms with van der Waals surface area (Å²) in [6, 6.07) is 0.149. The predicted molar refractivity (Wildman–Crippen MR) is 165 cm³/mol. The molecule has 0 rings (SSSR count). The second kappa shape index (κ2) is 22.2. The fourth-order valence-corrected chi connectivity index (χ4v) is 4.78. The van der Waals surface area contributed by atoms with Gasteiger partial charge in [0, 0.05) is 53.0 Å². The largest absolute Gasteiger partial charge is 0.466 e. The van der Waals surface area contributed by atoms with Crippen molar-refractivity contribution in [2.24, 2.45) is 22.1 Å². The van der Waals surface area contributed by atoms with Crippen molar-refractivity contribution < 1.29 is 33.3 Å². The Labute approximate surface area is 247 Å². The van der Waals surface area contributed by atoms with Gasteiger partial charge in [0.15, 0.2) is 6.29 Å². The van der Waals surface area contributed by atoms with Gasteiger partial charge in [0.25, 0.3) is 0 Å². The van der Waals surface area contributed by atoms with Crippen LogP contribution < -0.4 is 0 Å². The Morgan fingerprint density at radius 2 is 1.15 bits per heavy atom. The van der Waals surface area contributed by atoms with Gasteiger partial charge < -0.3 is 23.7 Å². The van der Waals surface area contributed by atoms with Crippen molar-refractivity contribution in [1.82, 2.24) is 0 Å². The topological polar surface area (TPSA) is 186 Å². The molecule has 0 bridgehead atoms. The Morgan fingerprint density at radius 1 is 0.756 bits per heavy atom. The summed E-state index contributed by atoms with van der Waals surface area (Å²) in [5.74, 6) is -0.842. The molecule has 0 spiro atoms. The van der Waals surface area contributed by atoms with Gasteiger partial charge in [-0.2, -0.15) is 0 Å². The van der Waals surface area contributed by atoms with Crippen molar-refractivity contribution in [2.45, 2.75) is 109 Å². The third-order valence-electron chi connectivity index (χ3n) is 5.99. The molecule has 0 radical (unpaired) electrons. The van der Waals surface area contributed by atoms with Crippen molar-refractivity contribution in [1.29, 1.82) is 0 Å². The number of methoxy groups -OCH3 is 2. The molecule has 0 saturated heterocycles. The summed E-state index contributed by atoms with van der Waals surface area (Å²) < 4.78 is 20.7. The van der Waals surface area contributed by atoms with E-state index < -0.39 is 40.2 Å². The minimum absolute atomic E-state index is 0.00228. The number of carbonyl (C=O) groups excluding carboxylic acids is 3. The molecule has 0 N–H and O–H groups in total. The van der Waals surface area contributed by atoms with Crippen LogP contribution in [0.15, 0.2) is 10.2 Å². The van der Waals surface area contributed by atoms with Crippen LogP contribution in [0.5, 0.6) is 0 Å². The molecule has 13 nitrogen and oxygen atoms in total. The Morgan fingerprint density at radius 3 is 1.46 bits per heavy atom. The average molecular weight is 617 g/mol. The van der Waals surface area contributed by atoms with Gasteiger partial charge in [-0.1, -0.05) is 63.4 Å². The van der Waals surface area contributed by atoms with Gasteiger partial charge in [0.1, 0.15) is 18.4 Å². The normalized spacial score (nSPS) is 14.2. The standard InChI is InChI=1S/C14H29N3O4Si.C12H23N3O3Si/c1-11(10-13(19-2)20-3)9-12(16-17-15)14(18)21-7-8-22(4,5)6;1-10(5-6-16)9-11(14-15-13)12(17)18-7-8-19(2,3)4/h11-13H,7-10H2,1-6H3;6,10-11H,5,7-9H2,1-4H3/t11?,12-;10?,11-/m00/s1. The summed E-state index contributed by atoms with van der Waals surface area (Å²) in [6.45, 7) is 17.8. The Hall–Kier alpha value is -2.42. The van der Waals surface area contributed by atoms with Gasteiger partial charge in [0.05, 0.1) is 13.2 Å². The smallest absolute Gasteiger partial charge is 0.314 e. The summed E-state index contributed by atoms with van der Waals surface area (Å²) >= 11 is 0. The van der Waals surface area contributed by atoms with Gasteiger partial charge in [-0.05, 0) is 47.8 Å². The van der Waals surface area contributed by atoms with Gasteiger partial charge in [-0.15, -0.1) is 0 Å². The lowest BCUT2D eigenvalue weighted by Gasteiger charge is -2.21. The highest BCUT2D eigenvalue weighted by atomic mass is 28.3. The molecule has 236 valence electrons. The minimum atomic E-state index is -1.25. The van der Waals surface area contributed by atoms with Crippen molar-refractivity contribution >= 4 is 34.4 Å². The van der Waals surface area contributed by atoms with Crippen LogP contribution in [0.4, 0.5) is 0 Å². The summed E-state index contributed by atoms with van der Waals surface area (Å²) in [4.78, 5) is 39.7. The third kappa shape index (κ3) is 23.9. The van der Waals surface area contributed by atoms with E-state index in [1.165, 1.54) is 0 Å². The van der Waals surface area contributed by atoms with Crippen molar-refractivity contribution in [3.63, 3.8) is 0 Å². The first-order valence-corrected chi connectivity index (χ1v) is 21.4. The van der Waals surface area contributed by atoms with E-state index in [2.05, 4.69) is 59.3 Å². The molecule has 0 amide bonds. The fraction of sp³-hybridized carbons (Fsp3) is 0.885. The van der Waals surface area contributed by atoms with E-state index in [9.17, 15) is 14.4 Å². The molecule has 15 heteroatoms. The van der Waals surface area contributed by atoms with Crippen LogP contribution in [0, 0.1) is 11.8 Å². The van der Waals surface area contributed by atoms with E-state index in [1.807, 2.05) is 13.8 Å². The van der Waals surface area contributed by atoms with Crippen LogP contribution in [0.1, 0.15) is 39.5 Å². The molecule has 0 aromatic carbocycles. The highest BCUT2D eigenvalue weighted by molar-refractivity contribution is 6.76. The van der Waals surface area contributed by atoms with Gasteiger partial charge in [-0.25, -0.2) is 0 Å². The van der Waals surface area contributed by atoms with Crippen molar-refractivity contribution in [3.05, 3.63) is 20.9 Å². The molecular weight excluding hydrogens is 564 g/mol. The fourth-order valence-electron chi connectivity index (χ4n) is 3.35. The second-order valence-corrected chi connectivity index (χ2v) is 23.9. The lowest BCUT2D eigenvalue weighted by Crippen LogP contribution is -2.28. The summed E-state index contributed by atoms with van der Waals surface area (Å²) in [5, 5.41) is 7.04. The number of ether oxygens (including phenoxy) is 4. The van der Waals surface area contributed by atoms with Gasteiger partial charge >= 0.3 is 11.9 Å². The molecule has 0 aromatic heterocycles.